The van der Waals surface area contributed by atoms with Crippen molar-refractivity contribution < 1.29 is 13.9 Å². The molecule has 0 bridgehead atoms. The Hall–Kier alpha value is -2.28. The molecule has 0 N–H and O–H groups in total. The molecule has 24 heavy (non-hydrogen) atoms. The van der Waals surface area contributed by atoms with Crippen molar-refractivity contribution in [1.82, 2.24) is 15.0 Å². The third-order valence-corrected chi connectivity index (χ3v) is 4.53. The second kappa shape index (κ2) is 6.32. The molecule has 0 saturated carbocycles. The van der Waals surface area contributed by atoms with Crippen LogP contribution < -0.4 is 9.64 Å². The van der Waals surface area contributed by atoms with Gasteiger partial charge in [0.1, 0.15) is 6.10 Å². The van der Waals surface area contributed by atoms with Crippen molar-refractivity contribution in [2.24, 2.45) is 0 Å². The maximum absolute atomic E-state index is 13.0. The Bertz CT molecular complexity index is 685. The van der Waals surface area contributed by atoms with Gasteiger partial charge in [0.15, 0.2) is 5.82 Å². The van der Waals surface area contributed by atoms with Gasteiger partial charge >= 0.3 is 0 Å². The molecule has 1 spiro atoms. The Kier molecular flexibility index (Phi) is 4.02. The molecule has 2 aliphatic rings. The van der Waals surface area contributed by atoms with E-state index in [-0.39, 0.29) is 11.7 Å². The van der Waals surface area contributed by atoms with Gasteiger partial charge in [-0.2, -0.15) is 0 Å². The summed E-state index contributed by atoms with van der Waals surface area (Å²) in [7, 11) is 0. The number of halogens is 1. The predicted molar refractivity (Wildman–Crippen MR) is 85.4 cm³/mol. The summed E-state index contributed by atoms with van der Waals surface area (Å²) in [5.41, 5.74) is -0.255. The van der Waals surface area contributed by atoms with E-state index in [0.29, 0.717) is 25.0 Å². The van der Waals surface area contributed by atoms with Crippen LogP contribution in [0.15, 0.2) is 36.8 Å². The van der Waals surface area contributed by atoms with Crippen LogP contribution in [0.4, 0.5) is 10.3 Å². The van der Waals surface area contributed by atoms with Crippen molar-refractivity contribution in [1.29, 1.82) is 0 Å². The fourth-order valence-electron chi connectivity index (χ4n) is 3.49. The van der Waals surface area contributed by atoms with Crippen LogP contribution in [-0.4, -0.2) is 46.4 Å². The number of nitrogens with zero attached hydrogens (tertiary/aromatic N) is 4. The monoisotopic (exact) mass is 330 g/mol. The van der Waals surface area contributed by atoms with Crippen LogP contribution in [0.3, 0.4) is 0 Å². The zero-order valence-electron chi connectivity index (χ0n) is 13.3. The number of hydrogen-bond acceptors (Lipinski definition) is 6. The molecule has 6 nitrogen and oxygen atoms in total. The number of anilines is 1. The summed E-state index contributed by atoms with van der Waals surface area (Å²) >= 11 is 0. The molecule has 2 aliphatic heterocycles. The number of hydrogen-bond donors (Lipinski definition) is 0. The first-order valence-electron chi connectivity index (χ1n) is 8.17. The largest absolute Gasteiger partial charge is 0.472 e. The third kappa shape index (κ3) is 3.17. The molecule has 7 heteroatoms. The minimum absolute atomic E-state index is 0.00557. The van der Waals surface area contributed by atoms with E-state index in [1.54, 1.807) is 6.20 Å². The second-order valence-corrected chi connectivity index (χ2v) is 6.33. The normalized spacial score (nSPS) is 26.7. The summed E-state index contributed by atoms with van der Waals surface area (Å²) in [5.74, 6) is 0.747. The average Bonchev–Trinajstić information content (AvgIpc) is 2.98. The van der Waals surface area contributed by atoms with Crippen molar-refractivity contribution in [3.8, 4) is 5.88 Å². The first-order chi connectivity index (χ1) is 11.7. The summed E-state index contributed by atoms with van der Waals surface area (Å²) in [6.07, 6.45) is 6.88. The number of pyridine rings is 1. The Morgan fingerprint density at radius 2 is 2.12 bits per heavy atom. The van der Waals surface area contributed by atoms with E-state index in [4.69, 9.17) is 9.47 Å². The zero-order chi connectivity index (χ0) is 16.4. The van der Waals surface area contributed by atoms with E-state index in [1.165, 1.54) is 12.4 Å². The van der Waals surface area contributed by atoms with Crippen LogP contribution in [-0.2, 0) is 4.74 Å². The van der Waals surface area contributed by atoms with Gasteiger partial charge in [-0.15, -0.1) is 0 Å². The van der Waals surface area contributed by atoms with E-state index < -0.39 is 5.82 Å². The lowest BCUT2D eigenvalue weighted by Gasteiger charge is -2.39. The van der Waals surface area contributed by atoms with Gasteiger partial charge in [-0.1, -0.05) is 6.07 Å². The van der Waals surface area contributed by atoms with E-state index >= 15 is 0 Å². The Labute approximate surface area is 139 Å². The molecule has 0 unspecified atom stereocenters. The fourth-order valence-corrected chi connectivity index (χ4v) is 3.49. The van der Waals surface area contributed by atoms with Gasteiger partial charge in [0.05, 0.1) is 24.6 Å². The van der Waals surface area contributed by atoms with Crippen molar-refractivity contribution in [3.63, 3.8) is 0 Å². The summed E-state index contributed by atoms with van der Waals surface area (Å²) in [5, 5.41) is 0. The lowest BCUT2D eigenvalue weighted by Crippen LogP contribution is -2.48. The van der Waals surface area contributed by atoms with Gasteiger partial charge < -0.3 is 14.4 Å². The molecule has 0 radical (unpaired) electrons. The maximum Gasteiger partial charge on any atom is 0.225 e. The van der Waals surface area contributed by atoms with Crippen molar-refractivity contribution in [2.45, 2.75) is 31.0 Å². The minimum atomic E-state index is -0.425. The highest BCUT2D eigenvalue weighted by atomic mass is 19.1. The molecule has 2 aromatic rings. The van der Waals surface area contributed by atoms with Crippen LogP contribution in [0.2, 0.25) is 0 Å². The second-order valence-electron chi connectivity index (χ2n) is 6.33. The number of ether oxygens (including phenoxy) is 2. The molecule has 2 fully saturated rings. The summed E-state index contributed by atoms with van der Waals surface area (Å²) in [4.78, 5) is 14.4. The Morgan fingerprint density at radius 3 is 2.92 bits per heavy atom. The van der Waals surface area contributed by atoms with Crippen LogP contribution in [0, 0.1) is 5.82 Å². The topological polar surface area (TPSA) is 60.4 Å². The molecular formula is C17H19FN4O2. The van der Waals surface area contributed by atoms with Crippen LogP contribution >= 0.6 is 0 Å². The molecule has 2 atom stereocenters. The van der Waals surface area contributed by atoms with Gasteiger partial charge in [-0.25, -0.2) is 19.3 Å². The Morgan fingerprint density at radius 1 is 1.25 bits per heavy atom. The van der Waals surface area contributed by atoms with Crippen LogP contribution in [0.5, 0.6) is 5.88 Å². The summed E-state index contributed by atoms with van der Waals surface area (Å²) in [6.45, 7) is 2.10. The molecule has 2 aromatic heterocycles. The Balaban J connectivity index is 1.43. The SMILES string of the molecule is Fc1cnc(N2CCC[C@]3(C[C@@H](Oc4ccccn4)CO3)C2)nc1. The first-order valence-corrected chi connectivity index (χ1v) is 8.17. The molecule has 0 amide bonds. The lowest BCUT2D eigenvalue weighted by atomic mass is 9.89. The minimum Gasteiger partial charge on any atom is -0.472 e. The molecule has 126 valence electrons. The summed E-state index contributed by atoms with van der Waals surface area (Å²) in [6, 6.07) is 5.62. The lowest BCUT2D eigenvalue weighted by molar-refractivity contribution is -0.00851. The highest BCUT2D eigenvalue weighted by Crippen LogP contribution is 2.36. The van der Waals surface area contributed by atoms with E-state index in [2.05, 4.69) is 19.9 Å². The van der Waals surface area contributed by atoms with Crippen molar-refractivity contribution in [3.05, 3.63) is 42.6 Å². The van der Waals surface area contributed by atoms with Crippen LogP contribution in [0.1, 0.15) is 19.3 Å². The average molecular weight is 330 g/mol. The van der Waals surface area contributed by atoms with Crippen molar-refractivity contribution >= 4 is 5.95 Å². The molecule has 4 heterocycles. The highest BCUT2D eigenvalue weighted by Gasteiger charge is 2.45. The number of piperidine rings is 1. The molecule has 0 aliphatic carbocycles. The molecular weight excluding hydrogens is 311 g/mol. The first kappa shape index (κ1) is 15.3. The number of rotatable bonds is 3. The van der Waals surface area contributed by atoms with E-state index in [0.717, 1.165) is 25.8 Å². The highest BCUT2D eigenvalue weighted by molar-refractivity contribution is 5.31. The van der Waals surface area contributed by atoms with Crippen molar-refractivity contribution in [2.75, 3.05) is 24.6 Å². The maximum atomic E-state index is 13.0. The van der Waals surface area contributed by atoms with Gasteiger partial charge in [-0.05, 0) is 18.9 Å². The van der Waals surface area contributed by atoms with E-state index in [9.17, 15) is 4.39 Å². The predicted octanol–water partition coefficient (Wildman–Crippen LogP) is 2.22. The third-order valence-electron chi connectivity index (χ3n) is 4.53. The molecule has 2 saturated heterocycles. The van der Waals surface area contributed by atoms with Crippen LogP contribution in [0.25, 0.3) is 0 Å². The smallest absolute Gasteiger partial charge is 0.225 e. The number of aromatic nitrogens is 3. The quantitative estimate of drug-likeness (QED) is 0.860. The van der Waals surface area contributed by atoms with Gasteiger partial charge in [0, 0.05) is 31.8 Å². The zero-order valence-corrected chi connectivity index (χ0v) is 13.3. The fraction of sp³-hybridized carbons (Fsp3) is 0.471. The molecule has 0 aromatic carbocycles. The van der Waals surface area contributed by atoms with Gasteiger partial charge in [-0.3, -0.25) is 0 Å². The standard InChI is InChI=1S/C17H19FN4O2/c18-13-9-20-16(21-10-13)22-7-3-5-17(12-22)8-14(11-23-17)24-15-4-1-2-6-19-15/h1-2,4,6,9-10,14H,3,5,7-8,11-12H2/t14-,17+/m1/s1. The van der Waals surface area contributed by atoms with Gasteiger partial charge in [0.2, 0.25) is 11.8 Å². The van der Waals surface area contributed by atoms with E-state index in [1.807, 2.05) is 18.2 Å². The van der Waals surface area contributed by atoms with Gasteiger partial charge in [0.25, 0.3) is 0 Å². The molecule has 4 rings (SSSR count). The summed E-state index contributed by atoms with van der Waals surface area (Å²) < 4.78 is 25.1.